The molecule has 0 aliphatic heterocycles. The Bertz CT molecular complexity index is 183. The van der Waals surface area contributed by atoms with E-state index in [-0.39, 0.29) is 6.15 Å². The van der Waals surface area contributed by atoms with E-state index in [0.29, 0.717) is 0 Å². The molecule has 1 rings (SSSR count). The zero-order valence-corrected chi connectivity index (χ0v) is 6.00. The Morgan fingerprint density at radius 2 is 1.70 bits per heavy atom. The van der Waals surface area contributed by atoms with Gasteiger partial charge in [0.1, 0.15) is 5.75 Å². The van der Waals surface area contributed by atoms with E-state index in [1.54, 1.807) is 19.2 Å². The number of hydrogen-bond acceptors (Lipinski definition) is 3. The van der Waals surface area contributed by atoms with E-state index in [9.17, 15) is 0 Å². The third-order valence-corrected chi connectivity index (χ3v) is 1.12. The van der Waals surface area contributed by atoms with Gasteiger partial charge in [-0.05, 0) is 24.3 Å². The Morgan fingerprint density at radius 3 is 2.10 bits per heavy atom. The van der Waals surface area contributed by atoms with E-state index in [0.717, 1.165) is 11.4 Å². The number of hydrogen-bond donors (Lipinski definition) is 2. The first-order valence-electron chi connectivity index (χ1n) is 2.72. The van der Waals surface area contributed by atoms with Crippen molar-refractivity contribution < 1.29 is 4.74 Å². The second kappa shape index (κ2) is 3.74. The minimum Gasteiger partial charge on any atom is -0.497 e. The lowest BCUT2D eigenvalue weighted by atomic mass is 10.3. The molecule has 0 spiro atoms. The van der Waals surface area contributed by atoms with E-state index in [2.05, 4.69) is 0 Å². The highest BCUT2D eigenvalue weighted by Crippen LogP contribution is 2.11. The molecule has 0 aliphatic carbocycles. The number of nitrogens with two attached hydrogens (primary N) is 1. The van der Waals surface area contributed by atoms with Crippen LogP contribution >= 0.6 is 0 Å². The van der Waals surface area contributed by atoms with Gasteiger partial charge in [0.15, 0.2) is 0 Å². The Balaban J connectivity index is 0.000000810. The fourth-order valence-electron chi connectivity index (χ4n) is 0.604. The van der Waals surface area contributed by atoms with Crippen molar-refractivity contribution in [3.63, 3.8) is 0 Å². The smallest absolute Gasteiger partial charge is 0.119 e. The van der Waals surface area contributed by atoms with Crippen molar-refractivity contribution in [3.8, 4) is 5.75 Å². The molecule has 1 aromatic rings. The van der Waals surface area contributed by atoms with Crippen LogP contribution in [0.3, 0.4) is 0 Å². The van der Waals surface area contributed by atoms with Crippen LogP contribution in [0.15, 0.2) is 24.3 Å². The summed E-state index contributed by atoms with van der Waals surface area (Å²) in [7, 11) is 1.63. The Labute approximate surface area is 60.4 Å². The number of ether oxygens (including phenoxy) is 1. The molecule has 0 bridgehead atoms. The van der Waals surface area contributed by atoms with Gasteiger partial charge in [-0.3, -0.25) is 0 Å². The SMILES string of the molecule is COc1ccc(N)cc1.N. The average Bonchev–Trinajstić information content (AvgIpc) is 1.90. The summed E-state index contributed by atoms with van der Waals surface area (Å²) < 4.78 is 4.91. The minimum absolute atomic E-state index is 0. The maximum Gasteiger partial charge on any atom is 0.119 e. The summed E-state index contributed by atoms with van der Waals surface area (Å²) in [5.74, 6) is 0.837. The molecule has 56 valence electrons. The highest BCUT2D eigenvalue weighted by atomic mass is 16.5. The molecule has 10 heavy (non-hydrogen) atoms. The third kappa shape index (κ3) is 1.95. The fourth-order valence-corrected chi connectivity index (χ4v) is 0.604. The topological polar surface area (TPSA) is 70.2 Å². The molecule has 0 atom stereocenters. The van der Waals surface area contributed by atoms with Crippen molar-refractivity contribution in [2.24, 2.45) is 0 Å². The van der Waals surface area contributed by atoms with Crippen molar-refractivity contribution in [2.45, 2.75) is 0 Å². The van der Waals surface area contributed by atoms with E-state index >= 15 is 0 Å². The van der Waals surface area contributed by atoms with Crippen molar-refractivity contribution in [3.05, 3.63) is 24.3 Å². The first-order valence-corrected chi connectivity index (χ1v) is 2.72. The van der Waals surface area contributed by atoms with Crippen LogP contribution in [-0.2, 0) is 0 Å². The van der Waals surface area contributed by atoms with Crippen LogP contribution in [0.1, 0.15) is 0 Å². The molecular formula is C7H12N2O. The molecule has 0 amide bonds. The van der Waals surface area contributed by atoms with E-state index < -0.39 is 0 Å². The summed E-state index contributed by atoms with van der Waals surface area (Å²) in [5.41, 5.74) is 6.19. The van der Waals surface area contributed by atoms with Crippen LogP contribution in [0.25, 0.3) is 0 Å². The van der Waals surface area contributed by atoms with Crippen molar-refractivity contribution in [1.82, 2.24) is 6.15 Å². The largest absolute Gasteiger partial charge is 0.497 e. The quantitative estimate of drug-likeness (QED) is 0.580. The van der Waals surface area contributed by atoms with Gasteiger partial charge in [-0.1, -0.05) is 0 Å². The monoisotopic (exact) mass is 140 g/mol. The molecule has 0 unspecified atom stereocenters. The lowest BCUT2D eigenvalue weighted by Gasteiger charge is -1.97. The summed E-state index contributed by atoms with van der Waals surface area (Å²) in [6.07, 6.45) is 0. The maximum atomic E-state index is 5.43. The van der Waals surface area contributed by atoms with Gasteiger partial charge in [-0.15, -0.1) is 0 Å². The first-order chi connectivity index (χ1) is 4.33. The van der Waals surface area contributed by atoms with Crippen LogP contribution in [-0.4, -0.2) is 7.11 Å². The normalized spacial score (nSPS) is 8.10. The molecule has 0 radical (unpaired) electrons. The zero-order chi connectivity index (χ0) is 6.69. The summed E-state index contributed by atoms with van der Waals surface area (Å²) in [5, 5.41) is 0. The average molecular weight is 140 g/mol. The van der Waals surface area contributed by atoms with Gasteiger partial charge in [-0.25, -0.2) is 0 Å². The molecule has 0 heterocycles. The first kappa shape index (κ1) is 8.78. The Kier molecular flexibility index (Phi) is 3.28. The van der Waals surface area contributed by atoms with Crippen LogP contribution < -0.4 is 16.6 Å². The van der Waals surface area contributed by atoms with Gasteiger partial charge in [0.05, 0.1) is 7.11 Å². The lowest BCUT2D eigenvalue weighted by Crippen LogP contribution is -1.84. The predicted molar refractivity (Wildman–Crippen MR) is 42.4 cm³/mol. The van der Waals surface area contributed by atoms with Crippen LogP contribution in [0.4, 0.5) is 5.69 Å². The molecular weight excluding hydrogens is 128 g/mol. The van der Waals surface area contributed by atoms with Crippen LogP contribution in [0, 0.1) is 0 Å². The second-order valence-electron chi connectivity index (χ2n) is 1.77. The molecule has 5 N–H and O–H groups in total. The van der Waals surface area contributed by atoms with Gasteiger partial charge >= 0.3 is 0 Å². The molecule has 0 aliphatic rings. The molecule has 0 saturated heterocycles. The standard InChI is InChI=1S/C7H9NO.H3N/c1-9-7-4-2-6(8)3-5-7;/h2-5H,8H2,1H3;1H3. The number of rotatable bonds is 1. The van der Waals surface area contributed by atoms with Gasteiger partial charge in [-0.2, -0.15) is 0 Å². The lowest BCUT2D eigenvalue weighted by molar-refractivity contribution is 0.415. The Morgan fingerprint density at radius 1 is 1.20 bits per heavy atom. The minimum atomic E-state index is 0. The number of anilines is 1. The van der Waals surface area contributed by atoms with Gasteiger partial charge in [0, 0.05) is 5.69 Å². The summed E-state index contributed by atoms with van der Waals surface area (Å²) >= 11 is 0. The Hall–Kier alpha value is -1.22. The number of benzene rings is 1. The van der Waals surface area contributed by atoms with E-state index in [4.69, 9.17) is 10.5 Å². The second-order valence-corrected chi connectivity index (χ2v) is 1.77. The summed E-state index contributed by atoms with van der Waals surface area (Å²) in [6.45, 7) is 0. The fraction of sp³-hybridized carbons (Fsp3) is 0.143. The van der Waals surface area contributed by atoms with E-state index in [1.807, 2.05) is 12.1 Å². The van der Waals surface area contributed by atoms with Gasteiger partial charge in [0.25, 0.3) is 0 Å². The summed E-state index contributed by atoms with van der Waals surface area (Å²) in [4.78, 5) is 0. The molecule has 3 heteroatoms. The van der Waals surface area contributed by atoms with Crippen molar-refractivity contribution >= 4 is 5.69 Å². The van der Waals surface area contributed by atoms with Crippen molar-refractivity contribution in [1.29, 1.82) is 0 Å². The molecule has 0 aromatic heterocycles. The summed E-state index contributed by atoms with van der Waals surface area (Å²) in [6, 6.07) is 7.27. The number of methoxy groups -OCH3 is 1. The molecule has 0 saturated carbocycles. The predicted octanol–water partition coefficient (Wildman–Crippen LogP) is 1.44. The molecule has 3 nitrogen and oxygen atoms in total. The molecule has 1 aromatic carbocycles. The van der Waals surface area contributed by atoms with Gasteiger partial charge in [0.2, 0.25) is 0 Å². The van der Waals surface area contributed by atoms with Crippen LogP contribution in [0.2, 0.25) is 0 Å². The maximum absolute atomic E-state index is 5.43. The highest BCUT2D eigenvalue weighted by molar-refractivity contribution is 5.41. The third-order valence-electron chi connectivity index (χ3n) is 1.12. The van der Waals surface area contributed by atoms with E-state index in [1.165, 1.54) is 0 Å². The van der Waals surface area contributed by atoms with Crippen molar-refractivity contribution in [2.75, 3.05) is 12.8 Å². The molecule has 0 fully saturated rings. The van der Waals surface area contributed by atoms with Crippen LogP contribution in [0.5, 0.6) is 5.75 Å². The number of nitrogen functional groups attached to an aromatic ring is 1. The zero-order valence-electron chi connectivity index (χ0n) is 6.00. The van der Waals surface area contributed by atoms with Gasteiger partial charge < -0.3 is 16.6 Å². The highest BCUT2D eigenvalue weighted by Gasteiger charge is 1.85.